The Hall–Kier alpha value is -0.440. The molecule has 0 atom stereocenters. The molecule has 1 aromatic rings. The summed E-state index contributed by atoms with van der Waals surface area (Å²) in [6.45, 7) is 7.68. The Morgan fingerprint density at radius 2 is 1.92 bits per heavy atom. The van der Waals surface area contributed by atoms with E-state index in [1.807, 2.05) is 20.8 Å². The maximum Gasteiger partial charge on any atom is 0.144 e. The van der Waals surface area contributed by atoms with Crippen molar-refractivity contribution in [2.45, 2.75) is 33.1 Å². The van der Waals surface area contributed by atoms with E-state index in [1.165, 1.54) is 0 Å². The van der Waals surface area contributed by atoms with Gasteiger partial charge >= 0.3 is 0 Å². The molecule has 0 aliphatic carbocycles. The molecule has 0 aliphatic rings. The van der Waals surface area contributed by atoms with Gasteiger partial charge in [-0.15, -0.1) is 0 Å². The molecule has 1 nitrogen and oxygen atoms in total. The van der Waals surface area contributed by atoms with Gasteiger partial charge in [0.25, 0.3) is 0 Å². The maximum absolute atomic E-state index is 13.7. The summed E-state index contributed by atoms with van der Waals surface area (Å²) in [6.07, 6.45) is 1.61. The second-order valence-corrected chi connectivity index (χ2v) is 4.93. The Bertz CT molecular complexity index is 328. The normalized spacial score (nSPS) is 11.8. The first-order valence-corrected chi connectivity index (χ1v) is 4.94. The van der Waals surface area contributed by atoms with Gasteiger partial charge in [-0.2, -0.15) is 0 Å². The number of pyridine rings is 1. The summed E-state index contributed by atoms with van der Waals surface area (Å²) in [5, 5.41) is 0. The van der Waals surface area contributed by atoms with Gasteiger partial charge in [-0.25, -0.2) is 4.39 Å². The van der Waals surface area contributed by atoms with E-state index in [1.54, 1.807) is 13.1 Å². The molecule has 3 heteroatoms. The van der Waals surface area contributed by atoms with Gasteiger partial charge in [-0.05, 0) is 28.3 Å². The predicted molar refractivity (Wildman–Crippen MR) is 55.3 cm³/mol. The van der Waals surface area contributed by atoms with Gasteiger partial charge in [0.2, 0.25) is 0 Å². The zero-order valence-electron chi connectivity index (χ0n) is 8.28. The predicted octanol–water partition coefficient (Wildman–Crippen LogP) is 3.59. The number of hydrogen-bond acceptors (Lipinski definition) is 1. The minimum Gasteiger partial charge on any atom is -0.260 e. The molecular formula is C10H13BrFN. The number of hydrogen-bond donors (Lipinski definition) is 0. The van der Waals surface area contributed by atoms with Crippen LogP contribution in [0.15, 0.2) is 10.7 Å². The average molecular weight is 246 g/mol. The minimum atomic E-state index is -0.201. The van der Waals surface area contributed by atoms with Crippen LogP contribution in [0, 0.1) is 12.7 Å². The number of aryl methyl sites for hydroxylation is 1. The van der Waals surface area contributed by atoms with E-state index in [2.05, 4.69) is 20.9 Å². The summed E-state index contributed by atoms with van der Waals surface area (Å²) < 4.78 is 14.1. The Morgan fingerprint density at radius 3 is 2.38 bits per heavy atom. The van der Waals surface area contributed by atoms with Crippen LogP contribution in [0.4, 0.5) is 4.39 Å². The SMILES string of the molecule is Cc1ncc(C(C)(C)C)c(F)c1Br. The van der Waals surface area contributed by atoms with E-state index < -0.39 is 0 Å². The molecule has 0 saturated carbocycles. The fourth-order valence-electron chi connectivity index (χ4n) is 1.07. The standard InChI is InChI=1S/C10H13BrFN/c1-6-8(11)9(12)7(5-13-6)10(2,3)4/h5H,1-4H3. The highest BCUT2D eigenvalue weighted by molar-refractivity contribution is 9.10. The van der Waals surface area contributed by atoms with Crippen molar-refractivity contribution >= 4 is 15.9 Å². The van der Waals surface area contributed by atoms with Crippen molar-refractivity contribution in [3.8, 4) is 0 Å². The van der Waals surface area contributed by atoms with Crippen LogP contribution in [0.5, 0.6) is 0 Å². The van der Waals surface area contributed by atoms with Crippen molar-refractivity contribution in [2.75, 3.05) is 0 Å². The van der Waals surface area contributed by atoms with Gasteiger partial charge in [0.05, 0.1) is 10.2 Å². The van der Waals surface area contributed by atoms with E-state index in [9.17, 15) is 4.39 Å². The Kier molecular flexibility index (Phi) is 2.76. The zero-order chi connectivity index (χ0) is 10.2. The van der Waals surface area contributed by atoms with E-state index in [0.29, 0.717) is 15.7 Å². The molecule has 1 rings (SSSR count). The second-order valence-electron chi connectivity index (χ2n) is 4.14. The molecule has 1 aromatic heterocycles. The molecule has 0 aliphatic heterocycles. The monoisotopic (exact) mass is 245 g/mol. The third-order valence-corrected chi connectivity index (χ3v) is 2.86. The minimum absolute atomic E-state index is 0.194. The average Bonchev–Trinajstić information content (AvgIpc) is 1.98. The van der Waals surface area contributed by atoms with Crippen LogP contribution in [-0.2, 0) is 5.41 Å². The third-order valence-electron chi connectivity index (χ3n) is 1.94. The van der Waals surface area contributed by atoms with Crippen LogP contribution in [0.25, 0.3) is 0 Å². The molecular weight excluding hydrogens is 233 g/mol. The van der Waals surface area contributed by atoms with Gasteiger partial charge in [0, 0.05) is 11.8 Å². The molecule has 0 bridgehead atoms. The Labute approximate surface area is 86.5 Å². The molecule has 0 N–H and O–H groups in total. The fraction of sp³-hybridized carbons (Fsp3) is 0.500. The molecule has 13 heavy (non-hydrogen) atoms. The van der Waals surface area contributed by atoms with Crippen LogP contribution in [-0.4, -0.2) is 4.98 Å². The van der Waals surface area contributed by atoms with E-state index >= 15 is 0 Å². The smallest absolute Gasteiger partial charge is 0.144 e. The number of nitrogens with zero attached hydrogens (tertiary/aromatic N) is 1. The number of aromatic nitrogens is 1. The van der Waals surface area contributed by atoms with Crippen molar-refractivity contribution in [1.29, 1.82) is 0 Å². The first kappa shape index (κ1) is 10.6. The highest BCUT2D eigenvalue weighted by Gasteiger charge is 2.21. The molecule has 1 heterocycles. The van der Waals surface area contributed by atoms with E-state index in [-0.39, 0.29) is 11.2 Å². The molecule has 0 fully saturated rings. The van der Waals surface area contributed by atoms with Crippen molar-refractivity contribution < 1.29 is 4.39 Å². The Morgan fingerprint density at radius 1 is 1.38 bits per heavy atom. The maximum atomic E-state index is 13.7. The lowest BCUT2D eigenvalue weighted by Crippen LogP contribution is -2.14. The van der Waals surface area contributed by atoms with Crippen LogP contribution < -0.4 is 0 Å². The zero-order valence-corrected chi connectivity index (χ0v) is 9.87. The van der Waals surface area contributed by atoms with Gasteiger partial charge < -0.3 is 0 Å². The van der Waals surface area contributed by atoms with Gasteiger partial charge in [0.15, 0.2) is 0 Å². The van der Waals surface area contributed by atoms with Crippen LogP contribution in [0.1, 0.15) is 32.0 Å². The van der Waals surface area contributed by atoms with E-state index in [0.717, 1.165) is 0 Å². The Balaban J connectivity index is 3.35. The summed E-state index contributed by atoms with van der Waals surface area (Å²) in [4.78, 5) is 4.12. The lowest BCUT2D eigenvalue weighted by molar-refractivity contribution is 0.514. The van der Waals surface area contributed by atoms with Gasteiger partial charge in [0.1, 0.15) is 5.82 Å². The molecule has 0 saturated heterocycles. The first-order valence-electron chi connectivity index (χ1n) is 4.15. The molecule has 0 unspecified atom stereocenters. The first-order chi connectivity index (χ1) is 5.84. The van der Waals surface area contributed by atoms with Crippen molar-refractivity contribution in [2.24, 2.45) is 0 Å². The number of rotatable bonds is 0. The second kappa shape index (κ2) is 3.37. The molecule has 72 valence electrons. The summed E-state index contributed by atoms with van der Waals surface area (Å²) in [6, 6.07) is 0. The van der Waals surface area contributed by atoms with Crippen molar-refractivity contribution in [3.63, 3.8) is 0 Å². The molecule has 0 spiro atoms. The molecule has 0 radical (unpaired) electrons. The van der Waals surface area contributed by atoms with Crippen LogP contribution in [0.2, 0.25) is 0 Å². The summed E-state index contributed by atoms with van der Waals surface area (Å²) in [5.41, 5.74) is 1.13. The summed E-state index contributed by atoms with van der Waals surface area (Å²) in [5.74, 6) is -0.194. The van der Waals surface area contributed by atoms with Crippen LogP contribution in [0.3, 0.4) is 0 Å². The number of halogens is 2. The van der Waals surface area contributed by atoms with Crippen LogP contribution >= 0.6 is 15.9 Å². The third kappa shape index (κ3) is 2.08. The highest BCUT2D eigenvalue weighted by Crippen LogP contribution is 2.29. The lowest BCUT2D eigenvalue weighted by Gasteiger charge is -2.20. The highest BCUT2D eigenvalue weighted by atomic mass is 79.9. The quantitative estimate of drug-likeness (QED) is 0.681. The molecule has 0 amide bonds. The molecule has 0 aromatic carbocycles. The van der Waals surface area contributed by atoms with E-state index in [4.69, 9.17) is 0 Å². The fourth-order valence-corrected chi connectivity index (χ4v) is 1.39. The van der Waals surface area contributed by atoms with Crippen molar-refractivity contribution in [1.82, 2.24) is 4.98 Å². The van der Waals surface area contributed by atoms with Gasteiger partial charge in [-0.3, -0.25) is 4.98 Å². The van der Waals surface area contributed by atoms with Crippen molar-refractivity contribution in [3.05, 3.63) is 27.7 Å². The summed E-state index contributed by atoms with van der Waals surface area (Å²) in [7, 11) is 0. The largest absolute Gasteiger partial charge is 0.260 e. The lowest BCUT2D eigenvalue weighted by atomic mass is 9.88. The topological polar surface area (TPSA) is 12.9 Å². The summed E-state index contributed by atoms with van der Waals surface area (Å²) >= 11 is 3.18. The van der Waals surface area contributed by atoms with Gasteiger partial charge in [-0.1, -0.05) is 20.8 Å².